The topological polar surface area (TPSA) is 38.7 Å². The lowest BCUT2D eigenvalue weighted by Gasteiger charge is -1.95. The van der Waals surface area contributed by atoms with Crippen molar-refractivity contribution < 1.29 is 0 Å². The number of aryl methyl sites for hydroxylation is 1. The summed E-state index contributed by atoms with van der Waals surface area (Å²) in [6.45, 7) is 8.81. The van der Waals surface area contributed by atoms with Gasteiger partial charge in [0.1, 0.15) is 5.82 Å². The number of rotatable bonds is 2. The summed E-state index contributed by atoms with van der Waals surface area (Å²) in [5.74, 6) is 1.80. The summed E-state index contributed by atoms with van der Waals surface area (Å²) < 4.78 is 0. The van der Waals surface area contributed by atoms with Crippen LogP contribution in [0.5, 0.6) is 0 Å². The Morgan fingerprint density at radius 3 is 2.50 bits per heavy atom. The van der Waals surface area contributed by atoms with Gasteiger partial charge in [0.05, 0.1) is 0 Å². The van der Waals surface area contributed by atoms with Gasteiger partial charge in [-0.1, -0.05) is 13.2 Å². The third kappa shape index (κ3) is 1.87. The van der Waals surface area contributed by atoms with Crippen molar-refractivity contribution in [1.82, 2.24) is 15.0 Å². The lowest BCUT2D eigenvalue weighted by Crippen LogP contribution is -1.97. The zero-order valence-electron chi connectivity index (χ0n) is 6.91. The van der Waals surface area contributed by atoms with Crippen molar-refractivity contribution in [2.24, 2.45) is 0 Å². The van der Waals surface area contributed by atoms with Crippen LogP contribution < -0.4 is 0 Å². The Kier molecular flexibility index (Phi) is 2.51. The van der Waals surface area contributed by atoms with Gasteiger partial charge in [0.2, 0.25) is 0 Å². The molecule has 1 aromatic rings. The van der Waals surface area contributed by atoms with E-state index in [1.807, 2.05) is 0 Å². The van der Waals surface area contributed by atoms with Gasteiger partial charge >= 0.3 is 0 Å². The second kappa shape index (κ2) is 3.60. The summed E-state index contributed by atoms with van der Waals surface area (Å²) in [6.07, 6.45) is 3.18. The molecule has 0 saturated carbocycles. The predicted molar refractivity (Wildman–Crippen MR) is 48.3 cm³/mol. The fraction of sp³-hybridized carbons (Fsp3) is 0.111. The molecule has 0 atom stereocenters. The van der Waals surface area contributed by atoms with Crippen LogP contribution in [0.2, 0.25) is 0 Å². The second-order valence-electron chi connectivity index (χ2n) is 2.15. The largest absolute Gasteiger partial charge is 0.214 e. The maximum Gasteiger partial charge on any atom is 0.164 e. The van der Waals surface area contributed by atoms with Crippen molar-refractivity contribution in [3.63, 3.8) is 0 Å². The van der Waals surface area contributed by atoms with Crippen molar-refractivity contribution in [2.45, 2.75) is 6.92 Å². The maximum absolute atomic E-state index is 4.04. The minimum atomic E-state index is 0.562. The molecule has 0 fully saturated rings. The first-order valence-electron chi connectivity index (χ1n) is 3.47. The first kappa shape index (κ1) is 8.37. The van der Waals surface area contributed by atoms with E-state index >= 15 is 0 Å². The minimum Gasteiger partial charge on any atom is -0.214 e. The quantitative estimate of drug-likeness (QED) is 0.615. The van der Waals surface area contributed by atoms with Gasteiger partial charge in [-0.05, 0) is 13.0 Å². The summed E-state index contributed by atoms with van der Waals surface area (Å²) in [6, 6.07) is 0. The van der Waals surface area contributed by atoms with E-state index < -0.39 is 0 Å². The molecule has 0 N–H and O–H groups in total. The summed E-state index contributed by atoms with van der Waals surface area (Å²) >= 11 is 0. The van der Waals surface area contributed by atoms with Crippen LogP contribution >= 0.6 is 0 Å². The fourth-order valence-electron chi connectivity index (χ4n) is 0.771. The Morgan fingerprint density at radius 1 is 1.25 bits per heavy atom. The molecule has 0 saturated heterocycles. The molecule has 0 radical (unpaired) electrons. The van der Waals surface area contributed by atoms with Crippen LogP contribution in [0.4, 0.5) is 0 Å². The summed E-state index contributed by atoms with van der Waals surface area (Å²) in [5.41, 5.74) is 2.60. The van der Waals surface area contributed by atoms with Crippen LogP contribution in [0.25, 0.3) is 12.2 Å². The SMILES string of the molecule is C=C=Cc1nc(C)nc(C=C)n1. The van der Waals surface area contributed by atoms with Gasteiger partial charge in [-0.25, -0.2) is 15.0 Å². The molecule has 1 heterocycles. The number of hydrogen-bond acceptors (Lipinski definition) is 3. The van der Waals surface area contributed by atoms with E-state index in [1.54, 1.807) is 19.1 Å². The first-order valence-corrected chi connectivity index (χ1v) is 3.47. The van der Waals surface area contributed by atoms with Crippen LogP contribution in [-0.2, 0) is 0 Å². The summed E-state index contributed by atoms with van der Waals surface area (Å²) in [7, 11) is 0. The van der Waals surface area contributed by atoms with E-state index in [-0.39, 0.29) is 0 Å². The fourth-order valence-corrected chi connectivity index (χ4v) is 0.771. The van der Waals surface area contributed by atoms with E-state index in [2.05, 4.69) is 33.8 Å². The highest BCUT2D eigenvalue weighted by Crippen LogP contribution is 1.97. The van der Waals surface area contributed by atoms with Gasteiger partial charge in [0, 0.05) is 6.08 Å². The standard InChI is InChI=1S/C9H9N3/c1-4-6-9-11-7(3)10-8(5-2)12-9/h5-6H,1-2H2,3H3. The number of hydrogen-bond donors (Lipinski definition) is 0. The first-order chi connectivity index (χ1) is 5.76. The zero-order valence-corrected chi connectivity index (χ0v) is 6.91. The van der Waals surface area contributed by atoms with Crippen molar-refractivity contribution in [2.75, 3.05) is 0 Å². The molecule has 1 rings (SSSR count). The van der Waals surface area contributed by atoms with Crippen molar-refractivity contribution in [1.29, 1.82) is 0 Å². The molecule has 0 spiro atoms. The highest BCUT2D eigenvalue weighted by Gasteiger charge is 1.96. The molecular formula is C9H9N3. The Hall–Kier alpha value is -1.73. The predicted octanol–water partition coefficient (Wildman–Crippen LogP) is 1.62. The van der Waals surface area contributed by atoms with Gasteiger partial charge in [0.25, 0.3) is 0 Å². The Morgan fingerprint density at radius 2 is 1.92 bits per heavy atom. The Balaban J connectivity index is 3.22. The molecule has 0 aliphatic rings. The zero-order chi connectivity index (χ0) is 8.97. The van der Waals surface area contributed by atoms with Crippen LogP contribution in [0.15, 0.2) is 18.9 Å². The van der Waals surface area contributed by atoms with Gasteiger partial charge in [-0.2, -0.15) is 0 Å². The van der Waals surface area contributed by atoms with Crippen molar-refractivity contribution in [3.05, 3.63) is 36.4 Å². The molecule has 0 aromatic carbocycles. The van der Waals surface area contributed by atoms with Crippen LogP contribution in [0.1, 0.15) is 17.5 Å². The van der Waals surface area contributed by atoms with E-state index in [0.29, 0.717) is 17.5 Å². The molecule has 60 valence electrons. The van der Waals surface area contributed by atoms with Gasteiger partial charge in [-0.15, -0.1) is 5.73 Å². The lowest BCUT2D eigenvalue weighted by atomic mass is 10.5. The average Bonchev–Trinajstić information content (AvgIpc) is 2.04. The van der Waals surface area contributed by atoms with Crippen LogP contribution in [-0.4, -0.2) is 15.0 Å². The van der Waals surface area contributed by atoms with E-state index in [1.165, 1.54) is 0 Å². The van der Waals surface area contributed by atoms with Crippen molar-refractivity contribution in [3.8, 4) is 0 Å². The molecular weight excluding hydrogens is 150 g/mol. The smallest absolute Gasteiger partial charge is 0.164 e. The molecule has 0 aliphatic heterocycles. The summed E-state index contributed by atoms with van der Waals surface area (Å²) in [4.78, 5) is 12.1. The minimum absolute atomic E-state index is 0.562. The highest BCUT2D eigenvalue weighted by atomic mass is 15.0. The molecule has 3 heteroatoms. The lowest BCUT2D eigenvalue weighted by molar-refractivity contribution is 0.945. The number of nitrogens with zero attached hydrogens (tertiary/aromatic N) is 3. The molecule has 0 amide bonds. The third-order valence-corrected chi connectivity index (χ3v) is 1.20. The monoisotopic (exact) mass is 159 g/mol. The normalized spacial score (nSPS) is 8.75. The van der Waals surface area contributed by atoms with Gasteiger partial charge in [0.15, 0.2) is 11.6 Å². The third-order valence-electron chi connectivity index (χ3n) is 1.20. The van der Waals surface area contributed by atoms with Crippen LogP contribution in [0.3, 0.4) is 0 Å². The van der Waals surface area contributed by atoms with E-state index in [0.717, 1.165) is 0 Å². The molecule has 1 aromatic heterocycles. The summed E-state index contributed by atoms with van der Waals surface area (Å²) in [5, 5.41) is 0. The van der Waals surface area contributed by atoms with E-state index in [9.17, 15) is 0 Å². The Bertz CT molecular complexity index is 349. The van der Waals surface area contributed by atoms with E-state index in [4.69, 9.17) is 0 Å². The second-order valence-corrected chi connectivity index (χ2v) is 2.15. The van der Waals surface area contributed by atoms with Crippen LogP contribution in [0, 0.1) is 6.92 Å². The van der Waals surface area contributed by atoms with Gasteiger partial charge in [-0.3, -0.25) is 0 Å². The molecule has 0 bridgehead atoms. The molecule has 0 aliphatic carbocycles. The maximum atomic E-state index is 4.04. The van der Waals surface area contributed by atoms with Crippen molar-refractivity contribution >= 4 is 12.2 Å². The number of aromatic nitrogens is 3. The molecule has 12 heavy (non-hydrogen) atoms. The highest BCUT2D eigenvalue weighted by molar-refractivity contribution is 5.42. The average molecular weight is 159 g/mol. The molecule has 0 unspecified atom stereocenters. The molecule has 3 nitrogen and oxygen atoms in total. The van der Waals surface area contributed by atoms with Gasteiger partial charge < -0.3 is 0 Å². The Labute approximate surface area is 71.2 Å².